The van der Waals surface area contributed by atoms with E-state index in [0.29, 0.717) is 0 Å². The third-order valence-corrected chi connectivity index (χ3v) is 12.0. The van der Waals surface area contributed by atoms with E-state index < -0.39 is 0 Å². The van der Waals surface area contributed by atoms with E-state index in [1.54, 1.807) is 0 Å². The number of unbranched alkanes of at least 4 members (excludes halogenated alkanes) is 24. The van der Waals surface area contributed by atoms with Gasteiger partial charge in [-0.1, -0.05) is 207 Å². The van der Waals surface area contributed by atoms with Crippen molar-refractivity contribution in [3.63, 3.8) is 0 Å². The Hall–Kier alpha value is -2.66. The second-order valence-electron chi connectivity index (χ2n) is 18.0. The van der Waals surface area contributed by atoms with E-state index in [1.807, 2.05) is 0 Å². The van der Waals surface area contributed by atoms with Gasteiger partial charge in [0.15, 0.2) is 0 Å². The summed E-state index contributed by atoms with van der Waals surface area (Å²) in [7, 11) is 0. The fraction of sp³-hybridized carbons (Fsp3) is 0.719. The van der Waals surface area contributed by atoms with E-state index in [4.69, 9.17) is 9.98 Å². The lowest BCUT2D eigenvalue weighted by Gasteiger charge is -2.11. The first-order chi connectivity index (χ1) is 29.1. The van der Waals surface area contributed by atoms with Crippen molar-refractivity contribution >= 4 is 22.8 Å². The second-order valence-corrected chi connectivity index (χ2v) is 18.0. The van der Waals surface area contributed by atoms with Gasteiger partial charge in [-0.15, -0.1) is 0 Å². The molecule has 2 nitrogen and oxygen atoms in total. The predicted octanol–water partition coefficient (Wildman–Crippen LogP) is 18.9. The minimum Gasteiger partial charge on any atom is -0.250 e. The number of aryl methyl sites for hydroxylation is 4. The average Bonchev–Trinajstić information content (AvgIpc) is 3.24. The van der Waals surface area contributed by atoms with Crippen LogP contribution in [0.2, 0.25) is 0 Å². The van der Waals surface area contributed by atoms with E-state index in [0.717, 1.165) is 74.2 Å². The first kappa shape index (κ1) is 52.5. The summed E-state index contributed by atoms with van der Waals surface area (Å²) < 4.78 is 0. The normalized spacial score (nSPS) is 12.0. The van der Waals surface area contributed by atoms with Crippen LogP contribution in [0.3, 0.4) is 0 Å². The molecule has 2 aromatic rings. The molecule has 0 unspecified atom stereocenters. The number of rotatable bonds is 37. The van der Waals surface area contributed by atoms with Crippen molar-refractivity contribution in [2.24, 2.45) is 9.98 Å². The van der Waals surface area contributed by atoms with Crippen molar-refractivity contribution in [2.45, 2.75) is 266 Å². The molecule has 0 radical (unpaired) electrons. The molecule has 0 heterocycles. The fourth-order valence-electron chi connectivity index (χ4n) is 8.18. The molecule has 0 spiro atoms. The number of nitrogens with zero attached hydrogens (tertiary/aromatic N) is 2. The Balaban J connectivity index is 2.10. The lowest BCUT2D eigenvalue weighted by atomic mass is 10.00. The van der Waals surface area contributed by atoms with Gasteiger partial charge >= 0.3 is 0 Å². The minimum atomic E-state index is 0.888. The Bertz CT molecular complexity index is 1380. The molecule has 0 aliphatic rings. The van der Waals surface area contributed by atoms with Gasteiger partial charge in [-0.2, -0.15) is 0 Å². The van der Waals surface area contributed by atoms with Crippen molar-refractivity contribution in [3.05, 3.63) is 58.7 Å². The number of aliphatic imine (C=N–C) groups is 2. The molecule has 0 fully saturated rings. The van der Waals surface area contributed by atoms with Gasteiger partial charge in [0, 0.05) is 6.42 Å². The minimum absolute atomic E-state index is 0.888. The number of benzene rings is 2. The lowest BCUT2D eigenvalue weighted by Crippen LogP contribution is -2.12. The molecule has 0 saturated carbocycles. The molecule has 0 aliphatic carbocycles. The van der Waals surface area contributed by atoms with Crippen molar-refractivity contribution in [1.29, 1.82) is 0 Å². The van der Waals surface area contributed by atoms with Crippen LogP contribution >= 0.6 is 0 Å². The highest BCUT2D eigenvalue weighted by Gasteiger charge is 2.11. The van der Waals surface area contributed by atoms with Crippen LogP contribution in [0.5, 0.6) is 0 Å². The maximum atomic E-state index is 5.46. The molecule has 0 aliphatic heterocycles. The van der Waals surface area contributed by atoms with Gasteiger partial charge in [-0.05, 0) is 123 Å². The lowest BCUT2D eigenvalue weighted by molar-refractivity contribution is 0.524. The van der Waals surface area contributed by atoms with Gasteiger partial charge in [0.25, 0.3) is 0 Å². The highest BCUT2D eigenvalue weighted by molar-refractivity contribution is 6.49. The summed E-state index contributed by atoms with van der Waals surface area (Å²) in [6.45, 7) is 13.7. The zero-order valence-corrected chi connectivity index (χ0v) is 40.1. The molecule has 0 bridgehead atoms. The van der Waals surface area contributed by atoms with Gasteiger partial charge < -0.3 is 0 Å². The summed E-state index contributed by atoms with van der Waals surface area (Å²) in [5.74, 6) is 7.27. The monoisotopic (exact) mass is 807 g/mol. The second kappa shape index (κ2) is 37.1. The van der Waals surface area contributed by atoms with Crippen LogP contribution in [0.25, 0.3) is 0 Å². The Morgan fingerprint density at radius 2 is 0.678 bits per heavy atom. The highest BCUT2D eigenvalue weighted by Crippen LogP contribution is 2.25. The molecule has 0 amide bonds. The van der Waals surface area contributed by atoms with Crippen molar-refractivity contribution in [2.75, 3.05) is 0 Å². The van der Waals surface area contributed by atoms with Crippen LogP contribution in [0.15, 0.2) is 46.4 Å². The van der Waals surface area contributed by atoms with Gasteiger partial charge in [-0.3, -0.25) is 4.99 Å². The van der Waals surface area contributed by atoms with E-state index in [1.165, 1.54) is 196 Å². The smallest absolute Gasteiger partial charge is 0.135 e. The summed E-state index contributed by atoms with van der Waals surface area (Å²) in [6.07, 6.45) is 45.0. The number of hydrogen-bond acceptors (Lipinski definition) is 2. The summed E-state index contributed by atoms with van der Waals surface area (Å²) >= 11 is 0. The molecular formula is C57H94N2. The summed E-state index contributed by atoms with van der Waals surface area (Å²) in [4.78, 5) is 10.9. The first-order valence-corrected chi connectivity index (χ1v) is 26.0. The number of hydrogen-bond donors (Lipinski definition) is 0. The third-order valence-electron chi connectivity index (χ3n) is 12.0. The quantitative estimate of drug-likeness (QED) is 0.0369. The molecule has 59 heavy (non-hydrogen) atoms. The van der Waals surface area contributed by atoms with Crippen LogP contribution in [0.1, 0.15) is 263 Å². The first-order valence-electron chi connectivity index (χ1n) is 26.0. The zero-order chi connectivity index (χ0) is 42.4. The molecule has 0 aromatic heterocycles. The molecule has 0 N–H and O–H groups in total. The van der Waals surface area contributed by atoms with Crippen LogP contribution in [-0.2, 0) is 25.7 Å². The molecule has 0 atom stereocenters. The fourth-order valence-corrected chi connectivity index (χ4v) is 8.18. The molecule has 0 saturated heterocycles. The van der Waals surface area contributed by atoms with E-state index in [9.17, 15) is 0 Å². The molecule has 2 aromatic carbocycles. The van der Waals surface area contributed by atoms with Crippen LogP contribution < -0.4 is 0 Å². The maximum Gasteiger partial charge on any atom is 0.135 e. The Labute approximate surface area is 368 Å². The van der Waals surface area contributed by atoms with E-state index >= 15 is 0 Å². The van der Waals surface area contributed by atoms with Crippen molar-refractivity contribution < 1.29 is 0 Å². The van der Waals surface area contributed by atoms with E-state index in [2.05, 4.69) is 89.8 Å². The molecule has 2 rings (SSSR count). The largest absolute Gasteiger partial charge is 0.250 e. The third kappa shape index (κ3) is 27.0. The Kier molecular flexibility index (Phi) is 33.0. The van der Waals surface area contributed by atoms with Gasteiger partial charge in [0.1, 0.15) is 5.71 Å². The molecule has 332 valence electrons. The van der Waals surface area contributed by atoms with Crippen molar-refractivity contribution in [1.82, 2.24) is 0 Å². The standard InChI is InChI=1S/C57H94N2/c1-7-13-19-20-21-22-23-24-25-26-27-28-29-30-31-32-33-34-35-36-37-43-57(59-55-48-52(40-16-10-4)45-53(49-55)41-17-11-5)56(42-18-12-6)58-54-46-50(38-14-8-2)44-51(47-54)39-15-9-3/h44-49H,7-36,38-42H2,1-6H3. The van der Waals surface area contributed by atoms with E-state index in [-0.39, 0.29) is 0 Å². The molecule has 2 heteroatoms. The predicted molar refractivity (Wildman–Crippen MR) is 267 cm³/mol. The van der Waals surface area contributed by atoms with Gasteiger partial charge in [0.2, 0.25) is 0 Å². The zero-order valence-electron chi connectivity index (χ0n) is 40.1. The Morgan fingerprint density at radius 3 is 1.03 bits per heavy atom. The van der Waals surface area contributed by atoms with Crippen molar-refractivity contribution in [3.8, 4) is 11.8 Å². The highest BCUT2D eigenvalue weighted by atomic mass is 14.8. The van der Waals surface area contributed by atoms with Crippen LogP contribution in [-0.4, -0.2) is 11.4 Å². The maximum absolute atomic E-state index is 5.46. The van der Waals surface area contributed by atoms with Crippen LogP contribution in [0.4, 0.5) is 11.4 Å². The summed E-state index contributed by atoms with van der Waals surface area (Å²) in [5, 5.41) is 0. The van der Waals surface area contributed by atoms with Crippen LogP contribution in [0, 0.1) is 11.8 Å². The SMILES string of the molecule is CCCCCCCCCCCCCCCCCCCCCC#CC(=Nc1cc(CCCC)cc(CCCC)c1)C(CCCC)=Nc1cc(CCCC)cc(CCCC)c1. The Morgan fingerprint density at radius 1 is 0.356 bits per heavy atom. The summed E-state index contributed by atoms with van der Waals surface area (Å²) in [5.41, 5.74) is 9.77. The molecular weight excluding hydrogens is 713 g/mol. The average molecular weight is 807 g/mol. The topological polar surface area (TPSA) is 24.7 Å². The summed E-state index contributed by atoms with van der Waals surface area (Å²) in [6, 6.07) is 14.2. The van der Waals surface area contributed by atoms with Gasteiger partial charge in [0.05, 0.1) is 17.1 Å². The van der Waals surface area contributed by atoms with Gasteiger partial charge in [-0.25, -0.2) is 4.99 Å².